The molecule has 0 aliphatic carbocycles. The Morgan fingerprint density at radius 2 is 0.702 bits per heavy atom. The molecule has 0 aromatic rings. The monoisotopic (exact) mass is 799 g/mol. The maximum atomic E-state index is 12.7. The first-order valence-electron chi connectivity index (χ1n) is 24.1. The first kappa shape index (κ1) is 54.4. The van der Waals surface area contributed by atoms with E-state index in [9.17, 15) is 14.4 Å². The molecule has 0 radical (unpaired) electrons. The lowest BCUT2D eigenvalue weighted by Gasteiger charge is -2.18. The summed E-state index contributed by atoms with van der Waals surface area (Å²) in [5.74, 6) is -0.951. The third kappa shape index (κ3) is 44.3. The number of carbonyl (C=O) groups excluding carboxylic acids is 3. The predicted octanol–water partition coefficient (Wildman–Crippen LogP) is 15.5. The molecule has 0 spiro atoms. The SMILES string of the molecule is CC/C=C\C/C=C\C/C=C\CCCC(=O)OC(COC(=O)CCCCCCCCC/C=C\CCCCCCCC)COC(=O)CCCCCCCCCCCCC. The average Bonchev–Trinajstić information content (AvgIpc) is 3.21. The Morgan fingerprint density at radius 3 is 1.14 bits per heavy atom. The minimum atomic E-state index is -0.796. The lowest BCUT2D eigenvalue weighted by molar-refractivity contribution is -0.167. The summed E-state index contributed by atoms with van der Waals surface area (Å²) in [7, 11) is 0. The van der Waals surface area contributed by atoms with Gasteiger partial charge in [-0.05, 0) is 70.6 Å². The van der Waals surface area contributed by atoms with Crippen LogP contribution in [0.1, 0.15) is 239 Å². The molecule has 0 aliphatic heterocycles. The van der Waals surface area contributed by atoms with E-state index in [1.165, 1.54) is 128 Å². The third-order valence-corrected chi connectivity index (χ3v) is 10.3. The number of unbranched alkanes of at least 4 members (excludes halogenated alkanes) is 24. The second-order valence-electron chi connectivity index (χ2n) is 16.0. The van der Waals surface area contributed by atoms with Crippen LogP contribution in [0, 0.1) is 0 Å². The molecule has 6 heteroatoms. The zero-order valence-electron chi connectivity index (χ0n) is 37.6. The fourth-order valence-corrected chi connectivity index (χ4v) is 6.70. The van der Waals surface area contributed by atoms with Gasteiger partial charge in [0.15, 0.2) is 6.10 Å². The van der Waals surface area contributed by atoms with Gasteiger partial charge in [-0.3, -0.25) is 14.4 Å². The standard InChI is InChI=1S/C51H90O6/c1-4-7-10-13-16-19-22-23-24-25-26-27-30-32-35-38-41-44-50(53)56-47-48(57-51(54)45-42-39-36-33-29-21-18-15-12-9-6-3)46-55-49(52)43-40-37-34-31-28-20-17-14-11-8-5-2/h9,12,18,21,23-24,33,36,48H,4-8,10-11,13-17,19-20,22,25-32,34-35,37-47H2,1-3H3/b12-9-,21-18-,24-23-,36-33-. The summed E-state index contributed by atoms with van der Waals surface area (Å²) in [5, 5.41) is 0. The van der Waals surface area contributed by atoms with Crippen LogP contribution in [0.4, 0.5) is 0 Å². The molecule has 1 atom stereocenters. The molecule has 0 rings (SSSR count). The summed E-state index contributed by atoms with van der Waals surface area (Å²) in [6.07, 6.45) is 53.9. The highest BCUT2D eigenvalue weighted by atomic mass is 16.6. The minimum absolute atomic E-state index is 0.0928. The second kappa shape index (κ2) is 46.1. The van der Waals surface area contributed by atoms with Crippen LogP contribution in [-0.2, 0) is 28.6 Å². The van der Waals surface area contributed by atoms with Crippen LogP contribution in [0.15, 0.2) is 48.6 Å². The summed E-state index contributed by atoms with van der Waals surface area (Å²) >= 11 is 0. The van der Waals surface area contributed by atoms with E-state index in [-0.39, 0.29) is 37.5 Å². The molecule has 0 aromatic heterocycles. The largest absolute Gasteiger partial charge is 0.462 e. The summed E-state index contributed by atoms with van der Waals surface area (Å²) in [6.45, 7) is 6.46. The molecule has 0 fully saturated rings. The number of carbonyl (C=O) groups is 3. The van der Waals surface area contributed by atoms with Crippen LogP contribution in [0.3, 0.4) is 0 Å². The number of hydrogen-bond acceptors (Lipinski definition) is 6. The van der Waals surface area contributed by atoms with Crippen molar-refractivity contribution in [3.8, 4) is 0 Å². The predicted molar refractivity (Wildman–Crippen MR) is 242 cm³/mol. The summed E-state index contributed by atoms with van der Waals surface area (Å²) in [5.41, 5.74) is 0. The normalized spacial score (nSPS) is 12.4. The number of hydrogen-bond donors (Lipinski definition) is 0. The Kier molecular flexibility index (Phi) is 43.9. The van der Waals surface area contributed by atoms with Gasteiger partial charge in [0, 0.05) is 19.3 Å². The van der Waals surface area contributed by atoms with E-state index in [1.54, 1.807) is 0 Å². The van der Waals surface area contributed by atoms with Crippen molar-refractivity contribution >= 4 is 17.9 Å². The first-order chi connectivity index (χ1) is 28.0. The Balaban J connectivity index is 4.37. The number of esters is 3. The van der Waals surface area contributed by atoms with Crippen LogP contribution in [0.2, 0.25) is 0 Å². The molecule has 6 nitrogen and oxygen atoms in total. The maximum Gasteiger partial charge on any atom is 0.306 e. The van der Waals surface area contributed by atoms with Crippen molar-refractivity contribution in [2.24, 2.45) is 0 Å². The van der Waals surface area contributed by atoms with E-state index in [1.807, 2.05) is 0 Å². The molecule has 0 aliphatic rings. The van der Waals surface area contributed by atoms with Gasteiger partial charge in [0.1, 0.15) is 13.2 Å². The van der Waals surface area contributed by atoms with Crippen LogP contribution in [0.5, 0.6) is 0 Å². The van der Waals surface area contributed by atoms with E-state index in [4.69, 9.17) is 14.2 Å². The van der Waals surface area contributed by atoms with Gasteiger partial charge in [-0.1, -0.05) is 198 Å². The van der Waals surface area contributed by atoms with Gasteiger partial charge in [-0.15, -0.1) is 0 Å². The highest BCUT2D eigenvalue weighted by molar-refractivity contribution is 5.71. The lowest BCUT2D eigenvalue weighted by Crippen LogP contribution is -2.30. The van der Waals surface area contributed by atoms with Gasteiger partial charge >= 0.3 is 17.9 Å². The smallest absolute Gasteiger partial charge is 0.306 e. The van der Waals surface area contributed by atoms with Crippen LogP contribution < -0.4 is 0 Å². The topological polar surface area (TPSA) is 78.9 Å². The van der Waals surface area contributed by atoms with Crippen LogP contribution in [-0.4, -0.2) is 37.2 Å². The Labute approximate surface area is 352 Å². The zero-order valence-corrected chi connectivity index (χ0v) is 37.6. The first-order valence-corrected chi connectivity index (χ1v) is 24.1. The average molecular weight is 799 g/mol. The van der Waals surface area contributed by atoms with Crippen LogP contribution in [0.25, 0.3) is 0 Å². The van der Waals surface area contributed by atoms with E-state index in [2.05, 4.69) is 69.4 Å². The fourth-order valence-electron chi connectivity index (χ4n) is 6.70. The maximum absolute atomic E-state index is 12.7. The van der Waals surface area contributed by atoms with Gasteiger partial charge in [0.2, 0.25) is 0 Å². The third-order valence-electron chi connectivity index (χ3n) is 10.3. The molecular weight excluding hydrogens is 709 g/mol. The number of ether oxygens (including phenoxy) is 3. The minimum Gasteiger partial charge on any atom is -0.462 e. The van der Waals surface area contributed by atoms with E-state index >= 15 is 0 Å². The molecule has 330 valence electrons. The molecular formula is C51H90O6. The molecule has 0 aromatic carbocycles. The fraction of sp³-hybridized carbons (Fsp3) is 0.784. The summed E-state index contributed by atoms with van der Waals surface area (Å²) in [6, 6.07) is 0. The van der Waals surface area contributed by atoms with Crippen molar-refractivity contribution in [3.05, 3.63) is 48.6 Å². The summed E-state index contributed by atoms with van der Waals surface area (Å²) in [4.78, 5) is 37.7. The molecule has 57 heavy (non-hydrogen) atoms. The zero-order chi connectivity index (χ0) is 41.5. The van der Waals surface area contributed by atoms with E-state index in [0.717, 1.165) is 64.2 Å². The Bertz CT molecular complexity index is 1010. The number of rotatable bonds is 43. The van der Waals surface area contributed by atoms with Gasteiger partial charge in [-0.25, -0.2) is 0 Å². The van der Waals surface area contributed by atoms with Crippen molar-refractivity contribution in [2.75, 3.05) is 13.2 Å². The van der Waals surface area contributed by atoms with Crippen molar-refractivity contribution in [1.82, 2.24) is 0 Å². The van der Waals surface area contributed by atoms with E-state index in [0.29, 0.717) is 19.3 Å². The highest BCUT2D eigenvalue weighted by Gasteiger charge is 2.19. The second-order valence-corrected chi connectivity index (χ2v) is 16.0. The quantitative estimate of drug-likeness (QED) is 0.0265. The van der Waals surface area contributed by atoms with Gasteiger partial charge in [0.25, 0.3) is 0 Å². The van der Waals surface area contributed by atoms with Crippen molar-refractivity contribution in [3.63, 3.8) is 0 Å². The number of allylic oxidation sites excluding steroid dienone is 8. The molecule has 0 N–H and O–H groups in total. The van der Waals surface area contributed by atoms with Crippen LogP contribution >= 0.6 is 0 Å². The molecule has 0 heterocycles. The van der Waals surface area contributed by atoms with Crippen molar-refractivity contribution in [2.45, 2.75) is 245 Å². The molecule has 0 amide bonds. The lowest BCUT2D eigenvalue weighted by atomic mass is 10.1. The Morgan fingerprint density at radius 1 is 0.368 bits per heavy atom. The molecule has 0 bridgehead atoms. The van der Waals surface area contributed by atoms with Crippen molar-refractivity contribution in [1.29, 1.82) is 0 Å². The molecule has 0 saturated heterocycles. The molecule has 0 saturated carbocycles. The van der Waals surface area contributed by atoms with Crippen molar-refractivity contribution < 1.29 is 28.6 Å². The van der Waals surface area contributed by atoms with Gasteiger partial charge < -0.3 is 14.2 Å². The van der Waals surface area contributed by atoms with Gasteiger partial charge in [0.05, 0.1) is 0 Å². The Hall–Kier alpha value is -2.63. The summed E-state index contributed by atoms with van der Waals surface area (Å²) < 4.78 is 16.7. The van der Waals surface area contributed by atoms with Gasteiger partial charge in [-0.2, -0.15) is 0 Å². The molecule has 1 unspecified atom stereocenters. The highest BCUT2D eigenvalue weighted by Crippen LogP contribution is 2.14. The van der Waals surface area contributed by atoms with E-state index < -0.39 is 6.10 Å².